The van der Waals surface area contributed by atoms with Gasteiger partial charge in [0.25, 0.3) is 0 Å². The Balaban J connectivity index is 2.86. The van der Waals surface area contributed by atoms with Crippen molar-refractivity contribution in [2.24, 2.45) is 5.73 Å². The van der Waals surface area contributed by atoms with E-state index in [4.69, 9.17) is 5.73 Å². The molecule has 1 aromatic heterocycles. The molecule has 1 heterocycles. The Morgan fingerprint density at radius 2 is 2.13 bits per heavy atom. The smallest absolute Gasteiger partial charge is 0.350 e. The van der Waals surface area contributed by atoms with Crippen molar-refractivity contribution in [3.05, 3.63) is 23.9 Å². The van der Waals surface area contributed by atoms with E-state index in [9.17, 15) is 13.2 Å². The van der Waals surface area contributed by atoms with Crippen LogP contribution in [-0.2, 0) is 6.54 Å². The van der Waals surface area contributed by atoms with Gasteiger partial charge in [-0.05, 0) is 6.07 Å². The van der Waals surface area contributed by atoms with Gasteiger partial charge in [0, 0.05) is 25.4 Å². The highest BCUT2D eigenvalue weighted by Gasteiger charge is 2.30. The fourth-order valence-corrected chi connectivity index (χ4v) is 1.28. The Kier molecular flexibility index (Phi) is 3.52. The van der Waals surface area contributed by atoms with Crippen molar-refractivity contribution in [3.8, 4) is 0 Å². The molecule has 1 rings (SSSR count). The fourth-order valence-electron chi connectivity index (χ4n) is 1.28. The number of halogens is 3. The minimum Gasteiger partial charge on any atom is -0.350 e. The lowest BCUT2D eigenvalue weighted by Gasteiger charge is -2.21. The molecule has 0 fully saturated rings. The van der Waals surface area contributed by atoms with Crippen LogP contribution in [0.5, 0.6) is 0 Å². The Morgan fingerprint density at radius 1 is 1.47 bits per heavy atom. The van der Waals surface area contributed by atoms with E-state index in [1.165, 1.54) is 13.2 Å². The monoisotopic (exact) mass is 219 g/mol. The van der Waals surface area contributed by atoms with Crippen LogP contribution in [0.4, 0.5) is 19.0 Å². The molecule has 0 aromatic carbocycles. The maximum Gasteiger partial charge on any atom is 0.405 e. The number of alkyl halides is 3. The first kappa shape index (κ1) is 11.8. The van der Waals surface area contributed by atoms with E-state index >= 15 is 0 Å². The lowest BCUT2D eigenvalue weighted by atomic mass is 10.2. The van der Waals surface area contributed by atoms with Gasteiger partial charge in [-0.15, -0.1) is 0 Å². The van der Waals surface area contributed by atoms with Gasteiger partial charge in [0.2, 0.25) is 0 Å². The first-order chi connectivity index (χ1) is 6.94. The Morgan fingerprint density at radius 3 is 2.67 bits per heavy atom. The maximum absolute atomic E-state index is 12.1. The predicted octanol–water partition coefficient (Wildman–Crippen LogP) is 1.54. The van der Waals surface area contributed by atoms with E-state index in [-0.39, 0.29) is 12.4 Å². The largest absolute Gasteiger partial charge is 0.405 e. The highest BCUT2D eigenvalue weighted by atomic mass is 19.4. The van der Waals surface area contributed by atoms with Crippen molar-refractivity contribution in [3.63, 3.8) is 0 Å². The molecule has 0 amide bonds. The molecule has 15 heavy (non-hydrogen) atoms. The van der Waals surface area contributed by atoms with Crippen molar-refractivity contribution in [2.75, 3.05) is 18.5 Å². The van der Waals surface area contributed by atoms with Gasteiger partial charge in [0.15, 0.2) is 0 Å². The van der Waals surface area contributed by atoms with Crippen LogP contribution in [-0.4, -0.2) is 24.8 Å². The Hall–Kier alpha value is -1.30. The summed E-state index contributed by atoms with van der Waals surface area (Å²) in [5.74, 6) is 0.275. The molecular weight excluding hydrogens is 207 g/mol. The lowest BCUT2D eigenvalue weighted by molar-refractivity contribution is -0.119. The molecule has 0 saturated heterocycles. The molecule has 3 nitrogen and oxygen atoms in total. The lowest BCUT2D eigenvalue weighted by Crippen LogP contribution is -2.32. The SMILES string of the molecule is CN(CC(F)(F)F)c1ncccc1CN. The van der Waals surface area contributed by atoms with Gasteiger partial charge in [0.1, 0.15) is 12.4 Å². The molecule has 0 unspecified atom stereocenters. The summed E-state index contributed by atoms with van der Waals surface area (Å²) in [5, 5.41) is 0. The standard InChI is InChI=1S/C9H12F3N3/c1-15(6-9(10,11)12)8-7(5-13)3-2-4-14-8/h2-4H,5-6,13H2,1H3. The molecule has 0 saturated carbocycles. The quantitative estimate of drug-likeness (QED) is 0.838. The fraction of sp³-hybridized carbons (Fsp3) is 0.444. The molecule has 6 heteroatoms. The topological polar surface area (TPSA) is 42.2 Å². The van der Waals surface area contributed by atoms with Crippen LogP contribution in [0.1, 0.15) is 5.56 Å². The number of anilines is 1. The summed E-state index contributed by atoms with van der Waals surface area (Å²) in [6, 6.07) is 3.31. The predicted molar refractivity (Wildman–Crippen MR) is 51.5 cm³/mol. The molecule has 0 bridgehead atoms. The molecule has 84 valence electrons. The molecule has 0 atom stereocenters. The first-order valence-electron chi connectivity index (χ1n) is 4.36. The zero-order valence-corrected chi connectivity index (χ0v) is 8.25. The van der Waals surface area contributed by atoms with Gasteiger partial charge in [0.05, 0.1) is 0 Å². The number of aromatic nitrogens is 1. The maximum atomic E-state index is 12.1. The van der Waals surface area contributed by atoms with Crippen molar-refractivity contribution in [1.29, 1.82) is 0 Å². The van der Waals surface area contributed by atoms with Gasteiger partial charge in [-0.25, -0.2) is 4.98 Å². The van der Waals surface area contributed by atoms with Crippen LogP contribution in [0.15, 0.2) is 18.3 Å². The highest BCUT2D eigenvalue weighted by molar-refractivity contribution is 5.45. The number of nitrogens with two attached hydrogens (primary N) is 1. The van der Waals surface area contributed by atoms with Crippen LogP contribution < -0.4 is 10.6 Å². The third kappa shape index (κ3) is 3.39. The molecule has 0 aliphatic rings. The van der Waals surface area contributed by atoms with Gasteiger partial charge < -0.3 is 10.6 Å². The van der Waals surface area contributed by atoms with Gasteiger partial charge in [-0.1, -0.05) is 6.07 Å². The van der Waals surface area contributed by atoms with Gasteiger partial charge >= 0.3 is 6.18 Å². The molecule has 1 aromatic rings. The molecule has 0 aliphatic carbocycles. The van der Waals surface area contributed by atoms with Crippen LogP contribution in [0, 0.1) is 0 Å². The zero-order chi connectivity index (χ0) is 11.5. The Labute approximate surface area is 85.7 Å². The first-order valence-corrected chi connectivity index (χ1v) is 4.36. The molecule has 0 spiro atoms. The minimum atomic E-state index is -4.24. The highest BCUT2D eigenvalue weighted by Crippen LogP contribution is 2.21. The number of rotatable bonds is 3. The van der Waals surface area contributed by atoms with Crippen LogP contribution >= 0.6 is 0 Å². The average molecular weight is 219 g/mol. The van der Waals surface area contributed by atoms with Crippen LogP contribution in [0.2, 0.25) is 0 Å². The summed E-state index contributed by atoms with van der Waals surface area (Å²) < 4.78 is 36.4. The summed E-state index contributed by atoms with van der Waals surface area (Å²) in [6.07, 6.45) is -2.79. The third-order valence-corrected chi connectivity index (χ3v) is 1.87. The molecule has 0 radical (unpaired) electrons. The average Bonchev–Trinajstić information content (AvgIpc) is 2.15. The second-order valence-corrected chi connectivity index (χ2v) is 3.16. The second-order valence-electron chi connectivity index (χ2n) is 3.16. The minimum absolute atomic E-state index is 0.172. The summed E-state index contributed by atoms with van der Waals surface area (Å²) in [7, 11) is 1.34. The second kappa shape index (κ2) is 4.48. The summed E-state index contributed by atoms with van der Waals surface area (Å²) in [6.45, 7) is -0.859. The van der Waals surface area contributed by atoms with Crippen molar-refractivity contribution < 1.29 is 13.2 Å². The van der Waals surface area contributed by atoms with Gasteiger partial charge in [-0.3, -0.25) is 0 Å². The van der Waals surface area contributed by atoms with Crippen molar-refractivity contribution in [2.45, 2.75) is 12.7 Å². The Bertz CT molecular complexity index is 325. The molecule has 0 aliphatic heterocycles. The van der Waals surface area contributed by atoms with Crippen LogP contribution in [0.25, 0.3) is 0 Å². The summed E-state index contributed by atoms with van der Waals surface area (Å²) >= 11 is 0. The number of pyridine rings is 1. The van der Waals surface area contributed by atoms with Crippen molar-refractivity contribution in [1.82, 2.24) is 4.98 Å². The normalized spacial score (nSPS) is 11.5. The number of nitrogens with zero attached hydrogens (tertiary/aromatic N) is 2. The van der Waals surface area contributed by atoms with E-state index < -0.39 is 12.7 Å². The van der Waals surface area contributed by atoms with Crippen molar-refractivity contribution >= 4 is 5.82 Å². The summed E-state index contributed by atoms with van der Waals surface area (Å²) in [5.41, 5.74) is 6.01. The molecule has 2 N–H and O–H groups in total. The van der Waals surface area contributed by atoms with E-state index in [1.807, 2.05) is 0 Å². The summed E-state index contributed by atoms with van der Waals surface area (Å²) in [4.78, 5) is 4.92. The van der Waals surface area contributed by atoms with Gasteiger partial charge in [-0.2, -0.15) is 13.2 Å². The number of hydrogen-bond donors (Lipinski definition) is 1. The zero-order valence-electron chi connectivity index (χ0n) is 8.25. The molecular formula is C9H12F3N3. The van der Waals surface area contributed by atoms with E-state index in [1.54, 1.807) is 12.1 Å². The van der Waals surface area contributed by atoms with E-state index in [0.29, 0.717) is 5.56 Å². The third-order valence-electron chi connectivity index (χ3n) is 1.87. The van der Waals surface area contributed by atoms with Crippen LogP contribution in [0.3, 0.4) is 0 Å². The van der Waals surface area contributed by atoms with E-state index in [0.717, 1.165) is 4.90 Å². The van der Waals surface area contributed by atoms with E-state index in [2.05, 4.69) is 4.98 Å². The number of hydrogen-bond acceptors (Lipinski definition) is 3.